The predicted molar refractivity (Wildman–Crippen MR) is 70.2 cm³/mol. The molecule has 1 aliphatic carbocycles. The molecule has 0 aromatic rings. The molecule has 16 heavy (non-hydrogen) atoms. The molecule has 0 amide bonds. The third kappa shape index (κ3) is 2.25. The molecule has 0 bridgehead atoms. The van der Waals surface area contributed by atoms with E-state index in [1.807, 2.05) is 0 Å². The fourth-order valence-corrected chi connectivity index (χ4v) is 8.74. The molecule has 3 heteroatoms. The fourth-order valence-electron chi connectivity index (χ4n) is 3.07. The zero-order valence-corrected chi connectivity index (χ0v) is 12.5. The number of hydrogen-bond donors (Lipinski definition) is 0. The molecule has 1 saturated carbocycles. The summed E-state index contributed by atoms with van der Waals surface area (Å²) in [5, 5.41) is 0. The fraction of sp³-hybridized carbons (Fsp3) is 0.923. The Kier molecular flexibility index (Phi) is 4.01. The highest BCUT2D eigenvalue weighted by Crippen LogP contribution is 2.50. The number of aldehydes is 1. The van der Waals surface area contributed by atoms with Gasteiger partial charge in [0.15, 0.2) is 6.29 Å². The number of rotatable bonds is 6. The lowest BCUT2D eigenvalue weighted by atomic mass is 10.4. The second-order valence-corrected chi connectivity index (χ2v) is 11.5. The molecule has 0 spiro atoms. The standard InChI is InChI=1S/C13H26O2Si/c1-10(2)16(11(3)4,12(5)6)15-13(9-14)7-8-13/h9-12H,7-8H2,1-6H3. The average molecular weight is 242 g/mol. The molecule has 1 rings (SSSR count). The average Bonchev–Trinajstić information content (AvgIpc) is 2.93. The summed E-state index contributed by atoms with van der Waals surface area (Å²) in [4.78, 5) is 11.1. The normalized spacial score (nSPS) is 19.6. The Morgan fingerprint density at radius 3 is 1.56 bits per heavy atom. The van der Waals surface area contributed by atoms with Crippen LogP contribution in [0.1, 0.15) is 54.4 Å². The van der Waals surface area contributed by atoms with Crippen LogP contribution in [-0.4, -0.2) is 20.2 Å². The van der Waals surface area contributed by atoms with Gasteiger partial charge in [0.25, 0.3) is 0 Å². The van der Waals surface area contributed by atoms with E-state index in [1.54, 1.807) is 0 Å². The van der Waals surface area contributed by atoms with Crippen LogP contribution in [0.2, 0.25) is 16.6 Å². The number of carbonyl (C=O) groups is 1. The second-order valence-electron chi connectivity index (χ2n) is 6.10. The Labute approximate surface area is 101 Å². The van der Waals surface area contributed by atoms with Crippen LogP contribution in [0.3, 0.4) is 0 Å². The lowest BCUT2D eigenvalue weighted by Gasteiger charge is -2.44. The molecular weight excluding hydrogens is 216 g/mol. The van der Waals surface area contributed by atoms with Crippen molar-refractivity contribution in [3.8, 4) is 0 Å². The van der Waals surface area contributed by atoms with Crippen LogP contribution < -0.4 is 0 Å². The zero-order chi connectivity index (χ0) is 12.6. The first-order valence-corrected chi connectivity index (χ1v) is 8.61. The summed E-state index contributed by atoms with van der Waals surface area (Å²) in [6.07, 6.45) is 2.90. The maximum absolute atomic E-state index is 11.1. The summed E-state index contributed by atoms with van der Waals surface area (Å²) >= 11 is 0. The van der Waals surface area contributed by atoms with Crippen LogP contribution in [0, 0.1) is 0 Å². The first kappa shape index (κ1) is 13.9. The quantitative estimate of drug-likeness (QED) is 0.521. The van der Waals surface area contributed by atoms with E-state index >= 15 is 0 Å². The van der Waals surface area contributed by atoms with E-state index in [1.165, 1.54) is 0 Å². The van der Waals surface area contributed by atoms with E-state index in [4.69, 9.17) is 4.43 Å². The second kappa shape index (κ2) is 4.61. The Hall–Kier alpha value is -0.153. The van der Waals surface area contributed by atoms with Crippen molar-refractivity contribution in [2.75, 3.05) is 0 Å². The molecule has 0 saturated heterocycles. The van der Waals surface area contributed by atoms with Crippen LogP contribution in [0.5, 0.6) is 0 Å². The highest BCUT2D eigenvalue weighted by molar-refractivity contribution is 6.77. The molecule has 2 nitrogen and oxygen atoms in total. The van der Waals surface area contributed by atoms with E-state index in [-0.39, 0.29) is 0 Å². The van der Waals surface area contributed by atoms with Gasteiger partial charge in [-0.15, -0.1) is 0 Å². The molecule has 1 fully saturated rings. The van der Waals surface area contributed by atoms with Crippen molar-refractivity contribution >= 4 is 14.6 Å². The minimum atomic E-state index is -1.85. The predicted octanol–water partition coefficient (Wildman–Crippen LogP) is 3.91. The summed E-state index contributed by atoms with van der Waals surface area (Å²) in [7, 11) is -1.85. The van der Waals surface area contributed by atoms with Gasteiger partial charge in [0.2, 0.25) is 8.32 Å². The van der Waals surface area contributed by atoms with Crippen molar-refractivity contribution in [3.05, 3.63) is 0 Å². The van der Waals surface area contributed by atoms with Gasteiger partial charge < -0.3 is 9.22 Å². The van der Waals surface area contributed by atoms with Gasteiger partial charge in [0.05, 0.1) is 0 Å². The van der Waals surface area contributed by atoms with Gasteiger partial charge in [-0.3, -0.25) is 0 Å². The monoisotopic (exact) mass is 242 g/mol. The molecule has 0 unspecified atom stereocenters. The van der Waals surface area contributed by atoms with Crippen LogP contribution in [-0.2, 0) is 9.22 Å². The van der Waals surface area contributed by atoms with Crippen LogP contribution >= 0.6 is 0 Å². The molecule has 0 aromatic carbocycles. The van der Waals surface area contributed by atoms with Crippen LogP contribution in [0.15, 0.2) is 0 Å². The third-order valence-corrected chi connectivity index (χ3v) is 10.2. The molecule has 94 valence electrons. The third-order valence-electron chi connectivity index (χ3n) is 4.04. The van der Waals surface area contributed by atoms with E-state index in [2.05, 4.69) is 41.5 Å². The Morgan fingerprint density at radius 2 is 1.38 bits per heavy atom. The molecular formula is C13H26O2Si. The van der Waals surface area contributed by atoms with Gasteiger partial charge in [-0.2, -0.15) is 0 Å². The highest BCUT2D eigenvalue weighted by Gasteiger charge is 2.55. The lowest BCUT2D eigenvalue weighted by Crippen LogP contribution is -2.51. The van der Waals surface area contributed by atoms with E-state index < -0.39 is 13.9 Å². The Morgan fingerprint density at radius 1 is 1.00 bits per heavy atom. The van der Waals surface area contributed by atoms with Crippen molar-refractivity contribution in [3.63, 3.8) is 0 Å². The lowest BCUT2D eigenvalue weighted by molar-refractivity contribution is -0.115. The van der Waals surface area contributed by atoms with Crippen LogP contribution in [0.25, 0.3) is 0 Å². The summed E-state index contributed by atoms with van der Waals surface area (Å²) in [5.74, 6) is 0. The SMILES string of the molecule is CC(C)[Si](OC1(C=O)CC1)(C(C)C)C(C)C. The van der Waals surface area contributed by atoms with Gasteiger partial charge in [0, 0.05) is 0 Å². The number of hydrogen-bond acceptors (Lipinski definition) is 2. The molecule has 0 heterocycles. The highest BCUT2D eigenvalue weighted by atomic mass is 28.4. The van der Waals surface area contributed by atoms with Crippen molar-refractivity contribution in [2.45, 2.75) is 76.6 Å². The largest absolute Gasteiger partial charge is 0.404 e. The first-order chi connectivity index (χ1) is 7.31. The Bertz CT molecular complexity index is 233. The topological polar surface area (TPSA) is 26.3 Å². The first-order valence-electron chi connectivity index (χ1n) is 6.47. The molecule has 0 N–H and O–H groups in total. The Balaban J connectivity index is 2.98. The van der Waals surface area contributed by atoms with E-state index in [0.29, 0.717) is 16.6 Å². The van der Waals surface area contributed by atoms with Crippen molar-refractivity contribution in [1.29, 1.82) is 0 Å². The summed E-state index contributed by atoms with van der Waals surface area (Å²) in [5.41, 5.74) is 1.28. The molecule has 1 aliphatic rings. The molecule has 0 aliphatic heterocycles. The van der Waals surface area contributed by atoms with Crippen molar-refractivity contribution in [1.82, 2.24) is 0 Å². The number of carbonyl (C=O) groups excluding carboxylic acids is 1. The van der Waals surface area contributed by atoms with Gasteiger partial charge in [0.1, 0.15) is 5.60 Å². The van der Waals surface area contributed by atoms with E-state index in [0.717, 1.165) is 19.1 Å². The minimum absolute atomic E-state index is 0.398. The molecule has 0 radical (unpaired) electrons. The van der Waals surface area contributed by atoms with Gasteiger partial charge in [-0.05, 0) is 29.5 Å². The maximum Gasteiger partial charge on any atom is 0.201 e. The van der Waals surface area contributed by atoms with Crippen LogP contribution in [0.4, 0.5) is 0 Å². The summed E-state index contributed by atoms with van der Waals surface area (Å²) in [6.45, 7) is 13.5. The summed E-state index contributed by atoms with van der Waals surface area (Å²) < 4.78 is 6.44. The zero-order valence-electron chi connectivity index (χ0n) is 11.5. The van der Waals surface area contributed by atoms with Gasteiger partial charge in [-0.25, -0.2) is 0 Å². The maximum atomic E-state index is 11.1. The molecule has 0 aromatic heterocycles. The van der Waals surface area contributed by atoms with Crippen molar-refractivity contribution in [2.24, 2.45) is 0 Å². The van der Waals surface area contributed by atoms with Crippen molar-refractivity contribution < 1.29 is 9.22 Å². The van der Waals surface area contributed by atoms with Gasteiger partial charge >= 0.3 is 0 Å². The van der Waals surface area contributed by atoms with E-state index in [9.17, 15) is 4.79 Å². The minimum Gasteiger partial charge on any atom is -0.404 e. The molecule has 0 atom stereocenters. The smallest absolute Gasteiger partial charge is 0.201 e. The van der Waals surface area contributed by atoms with Gasteiger partial charge in [-0.1, -0.05) is 41.5 Å². The summed E-state index contributed by atoms with van der Waals surface area (Å²) in [6, 6.07) is 0.